The second-order valence-corrected chi connectivity index (χ2v) is 8.36. The fourth-order valence-electron chi connectivity index (χ4n) is 4.08. The summed E-state index contributed by atoms with van der Waals surface area (Å²) in [5.74, 6) is 0.734. The number of fused-ring (bicyclic) bond motifs is 1. The Morgan fingerprint density at radius 2 is 1.67 bits per heavy atom. The molecule has 0 bridgehead atoms. The summed E-state index contributed by atoms with van der Waals surface area (Å²) in [5.41, 5.74) is 7.76. The molecule has 2 heterocycles. The Bertz CT molecular complexity index is 1130. The second kappa shape index (κ2) is 8.07. The average Bonchev–Trinajstić information content (AvgIpc) is 2.72. The number of rotatable bonds is 4. The second-order valence-electron chi connectivity index (χ2n) is 8.36. The summed E-state index contributed by atoms with van der Waals surface area (Å²) in [6, 6.07) is 15.1. The molecule has 156 valence electrons. The summed E-state index contributed by atoms with van der Waals surface area (Å²) in [6.45, 7) is 12.3. The number of benzene rings is 2. The molecule has 0 aliphatic carbocycles. The Hall–Kier alpha value is -2.92. The van der Waals surface area contributed by atoms with Gasteiger partial charge in [-0.2, -0.15) is 0 Å². The summed E-state index contributed by atoms with van der Waals surface area (Å²) in [5, 5.41) is 0. The molecule has 0 N–H and O–H groups in total. The van der Waals surface area contributed by atoms with Crippen LogP contribution in [0.5, 0.6) is 0 Å². The highest BCUT2D eigenvalue weighted by Crippen LogP contribution is 2.29. The molecule has 0 saturated carbocycles. The fraction of sp³-hybridized carbons (Fsp3) is 0.360. The average molecular weight is 403 g/mol. The van der Waals surface area contributed by atoms with Crippen LogP contribution in [0.4, 0.5) is 11.6 Å². The number of aryl methyl sites for hydroxylation is 4. The molecule has 4 rings (SSSR count). The molecule has 1 aliphatic heterocycles. The third-order valence-electron chi connectivity index (χ3n) is 6.06. The first-order valence-electron chi connectivity index (χ1n) is 10.6. The molecule has 30 heavy (non-hydrogen) atoms. The van der Waals surface area contributed by atoms with Gasteiger partial charge in [0.15, 0.2) is 0 Å². The summed E-state index contributed by atoms with van der Waals surface area (Å²) in [6.07, 6.45) is 0.694. The minimum atomic E-state index is 0.0717. The van der Waals surface area contributed by atoms with Crippen molar-refractivity contribution in [3.05, 3.63) is 86.3 Å². The van der Waals surface area contributed by atoms with Gasteiger partial charge in [-0.15, -0.1) is 0 Å². The number of anilines is 2. The van der Waals surface area contributed by atoms with E-state index >= 15 is 0 Å². The van der Waals surface area contributed by atoms with Gasteiger partial charge in [0, 0.05) is 23.5 Å². The monoisotopic (exact) mass is 402 g/mol. The van der Waals surface area contributed by atoms with Crippen LogP contribution in [0.3, 0.4) is 0 Å². The van der Waals surface area contributed by atoms with Gasteiger partial charge in [-0.05, 0) is 62.9 Å². The predicted octanol–water partition coefficient (Wildman–Crippen LogP) is 4.61. The highest BCUT2D eigenvalue weighted by molar-refractivity contribution is 5.60. The number of nitrogens with zero attached hydrogens (tertiary/aromatic N) is 4. The van der Waals surface area contributed by atoms with Crippen molar-refractivity contribution >= 4 is 11.6 Å². The van der Waals surface area contributed by atoms with Crippen LogP contribution in [0.1, 0.15) is 40.4 Å². The lowest BCUT2D eigenvalue weighted by Crippen LogP contribution is -2.47. The van der Waals surface area contributed by atoms with Crippen molar-refractivity contribution in [3.63, 3.8) is 0 Å². The molecule has 0 fully saturated rings. The molecule has 0 radical (unpaired) electrons. The normalized spacial score (nSPS) is 14.1. The van der Waals surface area contributed by atoms with Gasteiger partial charge in [0.1, 0.15) is 0 Å². The molecule has 0 spiro atoms. The highest BCUT2D eigenvalue weighted by Gasteiger charge is 2.27. The van der Waals surface area contributed by atoms with Gasteiger partial charge in [-0.25, -0.2) is 4.98 Å². The zero-order valence-electron chi connectivity index (χ0n) is 18.6. The Balaban J connectivity index is 1.79. The van der Waals surface area contributed by atoms with Crippen LogP contribution in [0.15, 0.2) is 47.3 Å². The van der Waals surface area contributed by atoms with E-state index in [0.29, 0.717) is 19.8 Å². The quantitative estimate of drug-likeness (QED) is 0.639. The van der Waals surface area contributed by atoms with Gasteiger partial charge in [0.25, 0.3) is 5.56 Å². The summed E-state index contributed by atoms with van der Waals surface area (Å²) in [4.78, 5) is 22.6. The van der Waals surface area contributed by atoms with E-state index in [1.807, 2.05) is 18.4 Å². The van der Waals surface area contributed by atoms with E-state index in [-0.39, 0.29) is 5.56 Å². The van der Waals surface area contributed by atoms with Gasteiger partial charge >= 0.3 is 0 Å². The lowest BCUT2D eigenvalue weighted by Gasteiger charge is -2.38. The molecule has 0 amide bonds. The highest BCUT2D eigenvalue weighted by atomic mass is 16.1. The Kier molecular flexibility index (Phi) is 5.48. The smallest absolute Gasteiger partial charge is 0.259 e. The molecule has 0 unspecified atom stereocenters. The fourth-order valence-corrected chi connectivity index (χ4v) is 4.08. The molecule has 5 heteroatoms. The van der Waals surface area contributed by atoms with Crippen LogP contribution < -0.4 is 10.5 Å². The maximum atomic E-state index is 13.3. The van der Waals surface area contributed by atoms with E-state index in [0.717, 1.165) is 29.4 Å². The number of hydrogen-bond acceptors (Lipinski definition) is 4. The molecular formula is C25H30N4O. The zero-order chi connectivity index (χ0) is 21.4. The van der Waals surface area contributed by atoms with Gasteiger partial charge in [0.2, 0.25) is 5.95 Å². The predicted molar refractivity (Wildman–Crippen MR) is 122 cm³/mol. The van der Waals surface area contributed by atoms with Crippen molar-refractivity contribution in [1.29, 1.82) is 0 Å². The molecule has 0 atom stereocenters. The van der Waals surface area contributed by atoms with Gasteiger partial charge in [-0.3, -0.25) is 19.2 Å². The molecule has 5 nitrogen and oxygen atoms in total. The Morgan fingerprint density at radius 3 is 2.33 bits per heavy atom. The first-order valence-corrected chi connectivity index (χ1v) is 10.6. The molecule has 0 saturated heterocycles. The van der Waals surface area contributed by atoms with E-state index in [1.54, 1.807) is 0 Å². The lowest BCUT2D eigenvalue weighted by molar-refractivity contribution is 0.189. The minimum Gasteiger partial charge on any atom is -0.298 e. The van der Waals surface area contributed by atoms with Crippen molar-refractivity contribution in [2.75, 3.05) is 11.6 Å². The molecule has 3 aromatic rings. The van der Waals surface area contributed by atoms with E-state index in [2.05, 4.69) is 73.0 Å². The van der Waals surface area contributed by atoms with E-state index in [1.165, 1.54) is 22.3 Å². The van der Waals surface area contributed by atoms with Crippen molar-refractivity contribution in [3.8, 4) is 0 Å². The van der Waals surface area contributed by atoms with Crippen molar-refractivity contribution in [2.24, 2.45) is 0 Å². The van der Waals surface area contributed by atoms with Crippen molar-refractivity contribution in [2.45, 2.75) is 54.3 Å². The van der Waals surface area contributed by atoms with Crippen LogP contribution in [0.25, 0.3) is 0 Å². The van der Waals surface area contributed by atoms with E-state index in [9.17, 15) is 4.79 Å². The number of hydrogen-bond donors (Lipinski definition) is 0. The standard InChI is InChI=1S/C25H30N4O/c1-6-23-20(5)26-25-28(22-12-9-18(3)19(4)13-22)15-27(16-29(25)24(23)30)14-21-10-7-17(2)8-11-21/h7-13H,6,14-16H2,1-5H3. The SMILES string of the molecule is CCc1c(C)nc2n(c1=O)CN(Cc1ccc(C)cc1)CN2c1ccc(C)c(C)c1. The third-order valence-corrected chi connectivity index (χ3v) is 6.06. The van der Waals surface area contributed by atoms with Crippen LogP contribution in [-0.4, -0.2) is 21.1 Å². The Morgan fingerprint density at radius 1 is 0.933 bits per heavy atom. The van der Waals surface area contributed by atoms with Gasteiger partial charge in [0.05, 0.1) is 13.3 Å². The molecule has 2 aromatic carbocycles. The summed E-state index contributed by atoms with van der Waals surface area (Å²) >= 11 is 0. The van der Waals surface area contributed by atoms with Gasteiger partial charge < -0.3 is 0 Å². The first kappa shape index (κ1) is 20.4. The minimum absolute atomic E-state index is 0.0717. The molecule has 1 aliphatic rings. The van der Waals surface area contributed by atoms with Crippen LogP contribution in [-0.2, 0) is 19.6 Å². The first-order chi connectivity index (χ1) is 14.4. The Labute approximate surface area is 178 Å². The molecular weight excluding hydrogens is 372 g/mol. The topological polar surface area (TPSA) is 41.4 Å². The van der Waals surface area contributed by atoms with Crippen molar-refractivity contribution < 1.29 is 0 Å². The molecule has 1 aromatic heterocycles. The van der Waals surface area contributed by atoms with Gasteiger partial charge in [-0.1, -0.05) is 42.8 Å². The van der Waals surface area contributed by atoms with E-state index in [4.69, 9.17) is 4.98 Å². The van der Waals surface area contributed by atoms with Crippen LogP contribution in [0, 0.1) is 27.7 Å². The van der Waals surface area contributed by atoms with Crippen LogP contribution >= 0.6 is 0 Å². The van der Waals surface area contributed by atoms with E-state index < -0.39 is 0 Å². The number of aromatic nitrogens is 2. The zero-order valence-corrected chi connectivity index (χ0v) is 18.6. The summed E-state index contributed by atoms with van der Waals surface area (Å²) in [7, 11) is 0. The largest absolute Gasteiger partial charge is 0.298 e. The maximum Gasteiger partial charge on any atom is 0.259 e. The van der Waals surface area contributed by atoms with Crippen molar-refractivity contribution in [1.82, 2.24) is 14.5 Å². The third kappa shape index (κ3) is 3.77. The lowest BCUT2D eigenvalue weighted by atomic mass is 10.1. The summed E-state index contributed by atoms with van der Waals surface area (Å²) < 4.78 is 1.83. The maximum absolute atomic E-state index is 13.3. The van der Waals surface area contributed by atoms with Crippen LogP contribution in [0.2, 0.25) is 0 Å².